The number of nitrogens with two attached hydrogens (primary N) is 1. The molecule has 0 aliphatic carbocycles. The second-order valence-electron chi connectivity index (χ2n) is 5.60. The molecule has 0 spiro atoms. The fourth-order valence-electron chi connectivity index (χ4n) is 1.99. The molecule has 0 saturated carbocycles. The summed E-state index contributed by atoms with van der Waals surface area (Å²) in [6.07, 6.45) is 1.66. The molecule has 0 fully saturated rings. The Hall–Kier alpha value is -1.29. The van der Waals surface area contributed by atoms with Crippen molar-refractivity contribution < 1.29 is 0 Å². The Kier molecular flexibility index (Phi) is 5.60. The van der Waals surface area contributed by atoms with Gasteiger partial charge in [0.15, 0.2) is 0 Å². The molecule has 1 rings (SSSR count). The Labute approximate surface area is 120 Å². The molecule has 1 aromatic heterocycles. The highest BCUT2D eigenvalue weighted by Crippen LogP contribution is 2.27. The number of rotatable bonds is 6. The van der Waals surface area contributed by atoms with E-state index in [9.17, 15) is 0 Å². The standard InChI is InChI=1S/C14H23ClN4/c1-9(2)7-19(8-10(3)4)14-12(15)11(13(16)17)5-6-18-14/h5-6,9-10H,7-8H2,1-4H3,(H3,16,17). The van der Waals surface area contributed by atoms with Crippen molar-refractivity contribution in [2.45, 2.75) is 27.7 Å². The fraction of sp³-hybridized carbons (Fsp3) is 0.571. The van der Waals surface area contributed by atoms with E-state index in [4.69, 9.17) is 22.7 Å². The van der Waals surface area contributed by atoms with Crippen molar-refractivity contribution in [2.75, 3.05) is 18.0 Å². The van der Waals surface area contributed by atoms with E-state index in [1.54, 1.807) is 12.3 Å². The molecular formula is C14H23ClN4. The van der Waals surface area contributed by atoms with Gasteiger partial charge in [-0.2, -0.15) is 0 Å². The van der Waals surface area contributed by atoms with E-state index < -0.39 is 0 Å². The molecule has 0 atom stereocenters. The summed E-state index contributed by atoms with van der Waals surface area (Å²) >= 11 is 6.34. The first-order valence-electron chi connectivity index (χ1n) is 6.56. The number of anilines is 1. The molecule has 106 valence electrons. The SMILES string of the molecule is CC(C)CN(CC(C)C)c1nccc(C(=N)N)c1Cl. The van der Waals surface area contributed by atoms with Crippen LogP contribution in [-0.4, -0.2) is 23.9 Å². The van der Waals surface area contributed by atoms with Crippen molar-refractivity contribution in [2.24, 2.45) is 17.6 Å². The summed E-state index contributed by atoms with van der Waals surface area (Å²) in [6, 6.07) is 1.68. The minimum absolute atomic E-state index is 0.0253. The Morgan fingerprint density at radius 3 is 2.26 bits per heavy atom. The van der Waals surface area contributed by atoms with Gasteiger partial charge in [-0.1, -0.05) is 39.3 Å². The van der Waals surface area contributed by atoms with E-state index in [0.29, 0.717) is 22.4 Å². The van der Waals surface area contributed by atoms with Crippen LogP contribution in [0.3, 0.4) is 0 Å². The van der Waals surface area contributed by atoms with E-state index in [1.165, 1.54) is 0 Å². The van der Waals surface area contributed by atoms with Crippen molar-refractivity contribution >= 4 is 23.3 Å². The summed E-state index contributed by atoms with van der Waals surface area (Å²) in [5.41, 5.74) is 6.08. The molecule has 0 amide bonds. The third kappa shape index (κ3) is 4.39. The molecule has 4 nitrogen and oxygen atoms in total. The minimum Gasteiger partial charge on any atom is -0.384 e. The van der Waals surface area contributed by atoms with Crippen LogP contribution >= 0.6 is 11.6 Å². The molecule has 3 N–H and O–H groups in total. The zero-order valence-electron chi connectivity index (χ0n) is 12.1. The van der Waals surface area contributed by atoms with Crippen LogP contribution in [0.5, 0.6) is 0 Å². The Bertz CT molecular complexity index is 433. The lowest BCUT2D eigenvalue weighted by molar-refractivity contribution is 0.549. The van der Waals surface area contributed by atoms with Gasteiger partial charge in [0.2, 0.25) is 0 Å². The molecule has 0 unspecified atom stereocenters. The number of aromatic nitrogens is 1. The summed E-state index contributed by atoms with van der Waals surface area (Å²) in [6.45, 7) is 10.4. The first-order valence-corrected chi connectivity index (χ1v) is 6.94. The zero-order chi connectivity index (χ0) is 14.6. The van der Waals surface area contributed by atoms with Gasteiger partial charge in [0.1, 0.15) is 11.7 Å². The summed E-state index contributed by atoms with van der Waals surface area (Å²) < 4.78 is 0. The lowest BCUT2D eigenvalue weighted by Crippen LogP contribution is -2.32. The molecule has 5 heteroatoms. The average molecular weight is 283 g/mol. The first kappa shape index (κ1) is 15.8. The number of amidine groups is 1. The number of nitrogens with one attached hydrogen (secondary N) is 1. The van der Waals surface area contributed by atoms with Crippen LogP contribution in [0.15, 0.2) is 12.3 Å². The van der Waals surface area contributed by atoms with Crippen LogP contribution in [0, 0.1) is 17.2 Å². The normalized spacial score (nSPS) is 11.1. The third-order valence-corrected chi connectivity index (χ3v) is 3.00. The van der Waals surface area contributed by atoms with Gasteiger partial charge in [-0.25, -0.2) is 4.98 Å². The van der Waals surface area contributed by atoms with Gasteiger partial charge in [-0.15, -0.1) is 0 Å². The predicted octanol–water partition coefficient (Wildman–Crippen LogP) is 3.14. The molecule has 0 aliphatic rings. The van der Waals surface area contributed by atoms with Crippen molar-refractivity contribution in [1.29, 1.82) is 5.41 Å². The van der Waals surface area contributed by atoms with Gasteiger partial charge in [-0.3, -0.25) is 5.41 Å². The van der Waals surface area contributed by atoms with E-state index >= 15 is 0 Å². The molecule has 0 bridgehead atoms. The van der Waals surface area contributed by atoms with Crippen LogP contribution < -0.4 is 10.6 Å². The van der Waals surface area contributed by atoms with Crippen LogP contribution in [0.25, 0.3) is 0 Å². The van der Waals surface area contributed by atoms with Crippen LogP contribution in [0.1, 0.15) is 33.3 Å². The average Bonchev–Trinajstić information content (AvgIpc) is 2.26. The van der Waals surface area contributed by atoms with E-state index in [2.05, 4.69) is 37.6 Å². The van der Waals surface area contributed by atoms with E-state index in [1.807, 2.05) is 0 Å². The van der Waals surface area contributed by atoms with Gasteiger partial charge in [-0.05, 0) is 17.9 Å². The van der Waals surface area contributed by atoms with Crippen molar-refractivity contribution in [3.8, 4) is 0 Å². The molecular weight excluding hydrogens is 260 g/mol. The number of halogens is 1. The Morgan fingerprint density at radius 1 is 1.32 bits per heavy atom. The van der Waals surface area contributed by atoms with Crippen LogP contribution in [0.4, 0.5) is 5.82 Å². The number of hydrogen-bond acceptors (Lipinski definition) is 3. The van der Waals surface area contributed by atoms with E-state index in [-0.39, 0.29) is 5.84 Å². The van der Waals surface area contributed by atoms with Crippen LogP contribution in [0.2, 0.25) is 5.02 Å². The maximum absolute atomic E-state index is 7.54. The van der Waals surface area contributed by atoms with Gasteiger partial charge >= 0.3 is 0 Å². The lowest BCUT2D eigenvalue weighted by atomic mass is 10.1. The summed E-state index contributed by atoms with van der Waals surface area (Å²) in [7, 11) is 0. The topological polar surface area (TPSA) is 66.0 Å². The summed E-state index contributed by atoms with van der Waals surface area (Å²) in [4.78, 5) is 6.54. The van der Waals surface area contributed by atoms with Crippen molar-refractivity contribution in [3.63, 3.8) is 0 Å². The number of nitrogens with zero attached hydrogens (tertiary/aromatic N) is 2. The highest BCUT2D eigenvalue weighted by atomic mass is 35.5. The summed E-state index contributed by atoms with van der Waals surface area (Å²) in [5.74, 6) is 1.72. The van der Waals surface area contributed by atoms with Gasteiger partial charge in [0, 0.05) is 24.8 Å². The molecule has 0 aromatic carbocycles. The Morgan fingerprint density at radius 2 is 1.84 bits per heavy atom. The number of pyridine rings is 1. The second-order valence-corrected chi connectivity index (χ2v) is 5.98. The van der Waals surface area contributed by atoms with E-state index in [0.717, 1.165) is 18.9 Å². The van der Waals surface area contributed by atoms with Gasteiger partial charge in [0.25, 0.3) is 0 Å². The zero-order valence-corrected chi connectivity index (χ0v) is 12.8. The molecule has 0 radical (unpaired) electrons. The van der Waals surface area contributed by atoms with Crippen LogP contribution in [-0.2, 0) is 0 Å². The maximum Gasteiger partial charge on any atom is 0.148 e. The fourth-order valence-corrected chi connectivity index (χ4v) is 2.32. The van der Waals surface area contributed by atoms with Crippen molar-refractivity contribution in [3.05, 3.63) is 22.8 Å². The maximum atomic E-state index is 7.54. The smallest absolute Gasteiger partial charge is 0.148 e. The second kappa shape index (κ2) is 6.75. The molecule has 1 heterocycles. The number of nitrogen functional groups attached to an aromatic ring is 1. The highest BCUT2D eigenvalue weighted by Gasteiger charge is 2.17. The first-order chi connectivity index (χ1) is 8.82. The quantitative estimate of drug-likeness (QED) is 0.622. The number of hydrogen-bond donors (Lipinski definition) is 2. The Balaban J connectivity index is 3.14. The highest BCUT2D eigenvalue weighted by molar-refractivity contribution is 6.36. The minimum atomic E-state index is -0.0253. The van der Waals surface area contributed by atoms with Gasteiger partial charge in [0.05, 0.1) is 5.02 Å². The third-order valence-electron chi connectivity index (χ3n) is 2.63. The van der Waals surface area contributed by atoms with Gasteiger partial charge < -0.3 is 10.6 Å². The summed E-state index contributed by atoms with van der Waals surface area (Å²) in [5, 5.41) is 8.01. The molecule has 19 heavy (non-hydrogen) atoms. The predicted molar refractivity (Wildman–Crippen MR) is 82.2 cm³/mol. The molecule has 0 saturated heterocycles. The largest absolute Gasteiger partial charge is 0.384 e. The molecule has 1 aromatic rings. The molecule has 0 aliphatic heterocycles. The monoisotopic (exact) mass is 282 g/mol. The van der Waals surface area contributed by atoms with Crippen molar-refractivity contribution in [1.82, 2.24) is 4.98 Å². The lowest BCUT2D eigenvalue weighted by Gasteiger charge is -2.28.